The van der Waals surface area contributed by atoms with Gasteiger partial charge in [0, 0.05) is 12.7 Å². The average Bonchev–Trinajstić information content (AvgIpc) is 2.19. The largest absolute Gasteiger partial charge is 0.479 e. The second-order valence-electron chi connectivity index (χ2n) is 2.92. The van der Waals surface area contributed by atoms with Crippen LogP contribution < -0.4 is 0 Å². The smallest absolute Gasteiger partial charge is 0.337 e. The van der Waals surface area contributed by atoms with Gasteiger partial charge in [0.2, 0.25) is 0 Å². The van der Waals surface area contributed by atoms with E-state index in [-0.39, 0.29) is 5.56 Å². The summed E-state index contributed by atoms with van der Waals surface area (Å²) in [6, 6.07) is 5.03. The van der Waals surface area contributed by atoms with Crippen LogP contribution in [0.2, 0.25) is 0 Å². The Balaban J connectivity index is 2.92. The summed E-state index contributed by atoms with van der Waals surface area (Å²) < 4.78 is 29.1. The molecular weight excluding hydrogens is 206 g/mol. The second-order valence-corrected chi connectivity index (χ2v) is 2.92. The van der Waals surface area contributed by atoms with Gasteiger partial charge in [-0.15, -0.1) is 0 Å². The minimum absolute atomic E-state index is 0.140. The molecule has 0 fully saturated rings. The molecule has 0 aliphatic rings. The summed E-state index contributed by atoms with van der Waals surface area (Å²) in [5.74, 6) is -1.15. The molecule has 0 heterocycles. The Hall–Kier alpha value is -1.49. The number of methoxy groups -OCH3 is 1. The Kier molecular flexibility index (Phi) is 3.74. The number of hydrogen-bond acceptors (Lipinski definition) is 2. The van der Waals surface area contributed by atoms with E-state index in [4.69, 9.17) is 9.84 Å². The molecule has 0 spiro atoms. The standard InChI is InChI=1S/C10H10F2O3/c1-15-8(10(13)14)6-2-4-7(5-3-6)9(11)12/h2-5,8-9H,1H3,(H,13,14). The number of carboxylic acids is 1. The van der Waals surface area contributed by atoms with Crippen molar-refractivity contribution in [3.63, 3.8) is 0 Å². The zero-order chi connectivity index (χ0) is 11.4. The predicted octanol–water partition coefficient (Wildman–Crippen LogP) is 2.40. The van der Waals surface area contributed by atoms with Crippen LogP contribution in [0.1, 0.15) is 23.7 Å². The molecule has 15 heavy (non-hydrogen) atoms. The van der Waals surface area contributed by atoms with Gasteiger partial charge in [0.15, 0.2) is 6.10 Å². The van der Waals surface area contributed by atoms with Crippen molar-refractivity contribution < 1.29 is 23.4 Å². The first-order valence-corrected chi connectivity index (χ1v) is 4.20. The number of halogens is 2. The number of rotatable bonds is 4. The van der Waals surface area contributed by atoms with E-state index in [1.54, 1.807) is 0 Å². The molecule has 0 aliphatic carbocycles. The van der Waals surface area contributed by atoms with E-state index in [2.05, 4.69) is 0 Å². The molecule has 1 aromatic rings. The van der Waals surface area contributed by atoms with Crippen molar-refractivity contribution in [2.45, 2.75) is 12.5 Å². The fourth-order valence-electron chi connectivity index (χ4n) is 1.20. The Labute approximate surface area is 85.3 Å². The van der Waals surface area contributed by atoms with Crippen molar-refractivity contribution in [2.24, 2.45) is 0 Å². The third kappa shape index (κ3) is 2.73. The Morgan fingerprint density at radius 2 is 1.73 bits per heavy atom. The molecule has 0 saturated heterocycles. The first-order valence-electron chi connectivity index (χ1n) is 4.20. The van der Waals surface area contributed by atoms with E-state index in [1.165, 1.54) is 31.4 Å². The molecule has 0 radical (unpaired) electrons. The van der Waals surface area contributed by atoms with Crippen molar-refractivity contribution >= 4 is 5.97 Å². The van der Waals surface area contributed by atoms with E-state index in [0.717, 1.165) is 0 Å². The number of benzene rings is 1. The maximum absolute atomic E-state index is 12.2. The van der Waals surface area contributed by atoms with Gasteiger partial charge in [0.1, 0.15) is 0 Å². The normalized spacial score (nSPS) is 12.8. The van der Waals surface area contributed by atoms with Crippen LogP contribution in [0.15, 0.2) is 24.3 Å². The van der Waals surface area contributed by atoms with E-state index in [0.29, 0.717) is 5.56 Å². The van der Waals surface area contributed by atoms with Gasteiger partial charge in [0.25, 0.3) is 6.43 Å². The highest BCUT2D eigenvalue weighted by molar-refractivity contribution is 5.74. The van der Waals surface area contributed by atoms with Crippen LogP contribution in [-0.2, 0) is 9.53 Å². The third-order valence-corrected chi connectivity index (χ3v) is 1.95. The molecule has 0 amide bonds. The summed E-state index contributed by atoms with van der Waals surface area (Å²) in [4.78, 5) is 10.7. The molecule has 1 unspecified atom stereocenters. The quantitative estimate of drug-likeness (QED) is 0.840. The molecule has 3 nitrogen and oxygen atoms in total. The number of carbonyl (C=O) groups is 1. The monoisotopic (exact) mass is 216 g/mol. The third-order valence-electron chi connectivity index (χ3n) is 1.95. The summed E-state index contributed by atoms with van der Waals surface area (Å²) >= 11 is 0. The van der Waals surface area contributed by atoms with Crippen LogP contribution in [0.5, 0.6) is 0 Å². The van der Waals surface area contributed by atoms with Crippen molar-refractivity contribution in [1.82, 2.24) is 0 Å². The maximum Gasteiger partial charge on any atom is 0.337 e. The molecule has 1 rings (SSSR count). The fraction of sp³-hybridized carbons (Fsp3) is 0.300. The molecule has 1 atom stereocenters. The summed E-state index contributed by atoms with van der Waals surface area (Å²) in [5, 5.41) is 8.73. The molecule has 0 saturated carbocycles. The number of aliphatic carboxylic acids is 1. The molecule has 82 valence electrons. The van der Waals surface area contributed by atoms with Crippen LogP contribution in [0.4, 0.5) is 8.78 Å². The minimum Gasteiger partial charge on any atom is -0.479 e. The summed E-state index contributed by atoms with van der Waals surface area (Å²) in [6.45, 7) is 0. The Morgan fingerprint density at radius 3 is 2.07 bits per heavy atom. The molecule has 1 N–H and O–H groups in total. The topological polar surface area (TPSA) is 46.5 Å². The van der Waals surface area contributed by atoms with Crippen LogP contribution in [-0.4, -0.2) is 18.2 Å². The van der Waals surface area contributed by atoms with Gasteiger partial charge in [-0.2, -0.15) is 0 Å². The molecular formula is C10H10F2O3. The first-order chi connectivity index (χ1) is 7.06. The highest BCUT2D eigenvalue weighted by Crippen LogP contribution is 2.22. The Bertz CT molecular complexity index is 335. The molecule has 1 aromatic carbocycles. The van der Waals surface area contributed by atoms with Crippen LogP contribution >= 0.6 is 0 Å². The zero-order valence-corrected chi connectivity index (χ0v) is 7.98. The van der Waals surface area contributed by atoms with Gasteiger partial charge in [-0.3, -0.25) is 0 Å². The van der Waals surface area contributed by atoms with Crippen LogP contribution in [0.25, 0.3) is 0 Å². The van der Waals surface area contributed by atoms with Crippen molar-refractivity contribution in [2.75, 3.05) is 7.11 Å². The van der Waals surface area contributed by atoms with Gasteiger partial charge in [-0.1, -0.05) is 24.3 Å². The van der Waals surface area contributed by atoms with E-state index in [1.807, 2.05) is 0 Å². The maximum atomic E-state index is 12.2. The van der Waals surface area contributed by atoms with Gasteiger partial charge in [0.05, 0.1) is 0 Å². The van der Waals surface area contributed by atoms with Gasteiger partial charge in [-0.25, -0.2) is 13.6 Å². The van der Waals surface area contributed by atoms with E-state index >= 15 is 0 Å². The van der Waals surface area contributed by atoms with Crippen molar-refractivity contribution in [1.29, 1.82) is 0 Å². The fourth-order valence-corrected chi connectivity index (χ4v) is 1.20. The number of ether oxygens (including phenoxy) is 1. The van der Waals surface area contributed by atoms with Gasteiger partial charge >= 0.3 is 5.97 Å². The SMILES string of the molecule is COC(C(=O)O)c1ccc(C(F)F)cc1. The highest BCUT2D eigenvalue weighted by atomic mass is 19.3. The van der Waals surface area contributed by atoms with Crippen molar-refractivity contribution in [3.8, 4) is 0 Å². The lowest BCUT2D eigenvalue weighted by atomic mass is 10.1. The number of hydrogen-bond donors (Lipinski definition) is 1. The molecule has 0 aromatic heterocycles. The van der Waals surface area contributed by atoms with Crippen LogP contribution in [0, 0.1) is 0 Å². The summed E-state index contributed by atoms with van der Waals surface area (Å²) in [6.07, 6.45) is -3.67. The lowest BCUT2D eigenvalue weighted by Crippen LogP contribution is -2.13. The van der Waals surface area contributed by atoms with Crippen LogP contribution in [0.3, 0.4) is 0 Å². The number of carboxylic acid groups (broad SMARTS) is 1. The summed E-state index contributed by atoms with van der Waals surface area (Å²) in [7, 11) is 1.25. The first kappa shape index (κ1) is 11.6. The molecule has 0 aliphatic heterocycles. The average molecular weight is 216 g/mol. The Morgan fingerprint density at radius 1 is 1.27 bits per heavy atom. The van der Waals surface area contributed by atoms with E-state index in [9.17, 15) is 13.6 Å². The minimum atomic E-state index is -2.55. The summed E-state index contributed by atoms with van der Waals surface area (Å²) in [5.41, 5.74) is 0.202. The second kappa shape index (κ2) is 4.84. The lowest BCUT2D eigenvalue weighted by molar-refractivity contribution is -0.148. The number of alkyl halides is 2. The van der Waals surface area contributed by atoms with Crippen molar-refractivity contribution in [3.05, 3.63) is 35.4 Å². The lowest BCUT2D eigenvalue weighted by Gasteiger charge is -2.10. The molecule has 0 bridgehead atoms. The van der Waals surface area contributed by atoms with E-state index < -0.39 is 18.5 Å². The predicted molar refractivity (Wildman–Crippen MR) is 48.8 cm³/mol. The highest BCUT2D eigenvalue weighted by Gasteiger charge is 2.19. The van der Waals surface area contributed by atoms with Gasteiger partial charge < -0.3 is 9.84 Å². The zero-order valence-electron chi connectivity index (χ0n) is 7.98. The van der Waals surface area contributed by atoms with Gasteiger partial charge in [-0.05, 0) is 5.56 Å². The molecule has 5 heteroatoms.